The van der Waals surface area contributed by atoms with Crippen LogP contribution in [0.5, 0.6) is 0 Å². The lowest BCUT2D eigenvalue weighted by atomic mass is 10.1. The molecule has 3 aromatic heterocycles. The Balaban J connectivity index is 2.20. The average Bonchev–Trinajstić information content (AvgIpc) is 3.12. The lowest BCUT2D eigenvalue weighted by Crippen LogP contribution is -2.23. The number of rotatable bonds is 4. The first-order chi connectivity index (χ1) is 12.8. The fourth-order valence-electron chi connectivity index (χ4n) is 2.64. The quantitative estimate of drug-likeness (QED) is 0.579. The van der Waals surface area contributed by atoms with Crippen LogP contribution in [0.15, 0.2) is 15.7 Å². The maximum atomic E-state index is 12.9. The molecule has 3 heterocycles. The third-order valence-electron chi connectivity index (χ3n) is 3.89. The number of methoxy groups -OCH3 is 2. The van der Waals surface area contributed by atoms with Gasteiger partial charge >= 0.3 is 11.9 Å². The summed E-state index contributed by atoms with van der Waals surface area (Å²) in [4.78, 5) is 41.5. The lowest BCUT2D eigenvalue weighted by molar-refractivity contribution is 0.0601. The van der Waals surface area contributed by atoms with Crippen molar-refractivity contribution in [1.82, 2.24) is 19.3 Å². The Hall–Kier alpha value is -2.73. The summed E-state index contributed by atoms with van der Waals surface area (Å²) in [5.41, 5.74) is 6.18. The Labute approximate surface area is 164 Å². The number of ether oxygens (including phenoxy) is 2. The van der Waals surface area contributed by atoms with Crippen molar-refractivity contribution in [3.8, 4) is 0 Å². The molecule has 12 heteroatoms. The van der Waals surface area contributed by atoms with Gasteiger partial charge in [0.15, 0.2) is 5.65 Å². The van der Waals surface area contributed by atoms with Gasteiger partial charge in [0.25, 0.3) is 5.56 Å². The number of nitrogens with zero attached hydrogens (tertiary/aromatic N) is 4. The van der Waals surface area contributed by atoms with Crippen LogP contribution in [0, 0.1) is 0 Å². The summed E-state index contributed by atoms with van der Waals surface area (Å²) in [6.07, 6.45) is 1.31. The van der Waals surface area contributed by atoms with E-state index in [1.807, 2.05) is 0 Å². The first kappa shape index (κ1) is 19.0. The van der Waals surface area contributed by atoms with Crippen molar-refractivity contribution in [2.45, 2.75) is 6.54 Å². The van der Waals surface area contributed by atoms with Gasteiger partial charge in [-0.2, -0.15) is 5.10 Å². The number of thiophene rings is 1. The predicted molar refractivity (Wildman–Crippen MR) is 101 cm³/mol. The maximum absolute atomic E-state index is 12.9. The molecule has 2 N–H and O–H groups in total. The second-order valence-electron chi connectivity index (χ2n) is 5.42. The number of anilines is 1. The van der Waals surface area contributed by atoms with E-state index in [0.29, 0.717) is 10.3 Å². The van der Waals surface area contributed by atoms with Crippen molar-refractivity contribution in [2.24, 2.45) is 7.05 Å². The number of fused-ring (bicyclic) bond motifs is 1. The van der Waals surface area contributed by atoms with Crippen molar-refractivity contribution in [2.75, 3.05) is 20.0 Å². The smallest absolute Gasteiger partial charge is 0.348 e. The SMILES string of the molecule is COC(=O)c1sc(N)c(C(=O)OC)c1Cn1cnc2c(c(Br)nn2C)c1=O. The molecule has 0 radical (unpaired) electrons. The number of hydrogen-bond donors (Lipinski definition) is 1. The van der Waals surface area contributed by atoms with Gasteiger partial charge in [0.1, 0.15) is 26.2 Å². The molecule has 0 unspecified atom stereocenters. The molecular formula is C15H14BrN5O5S. The Morgan fingerprint density at radius 2 is 1.96 bits per heavy atom. The van der Waals surface area contributed by atoms with Gasteiger partial charge in [0, 0.05) is 12.6 Å². The number of nitrogen functional groups attached to an aromatic ring is 1. The summed E-state index contributed by atoms with van der Waals surface area (Å²) in [7, 11) is 4.08. The number of aryl methyl sites for hydroxylation is 1. The molecule has 142 valence electrons. The highest BCUT2D eigenvalue weighted by atomic mass is 79.9. The first-order valence-corrected chi connectivity index (χ1v) is 9.06. The number of halogens is 1. The van der Waals surface area contributed by atoms with Gasteiger partial charge in [0.05, 0.1) is 26.3 Å². The Bertz CT molecular complexity index is 1130. The number of hydrogen-bond acceptors (Lipinski definition) is 9. The molecule has 0 saturated carbocycles. The van der Waals surface area contributed by atoms with Crippen LogP contribution in [-0.4, -0.2) is 45.5 Å². The summed E-state index contributed by atoms with van der Waals surface area (Å²) < 4.78 is 12.6. The average molecular weight is 456 g/mol. The largest absolute Gasteiger partial charge is 0.465 e. The van der Waals surface area contributed by atoms with E-state index < -0.39 is 17.5 Å². The number of carbonyl (C=O) groups is 2. The van der Waals surface area contributed by atoms with E-state index in [1.54, 1.807) is 7.05 Å². The van der Waals surface area contributed by atoms with Gasteiger partial charge < -0.3 is 15.2 Å². The second-order valence-corrected chi connectivity index (χ2v) is 7.23. The highest BCUT2D eigenvalue weighted by molar-refractivity contribution is 9.10. The Morgan fingerprint density at radius 1 is 1.30 bits per heavy atom. The van der Waals surface area contributed by atoms with E-state index in [1.165, 1.54) is 29.8 Å². The highest BCUT2D eigenvalue weighted by Crippen LogP contribution is 2.33. The van der Waals surface area contributed by atoms with Crippen molar-refractivity contribution >= 4 is 55.2 Å². The van der Waals surface area contributed by atoms with Crippen LogP contribution in [0.25, 0.3) is 11.0 Å². The zero-order chi connectivity index (χ0) is 19.9. The predicted octanol–water partition coefficient (Wildman–Crippen LogP) is 1.16. The van der Waals surface area contributed by atoms with Crippen LogP contribution < -0.4 is 11.3 Å². The molecule has 0 aromatic carbocycles. The topological polar surface area (TPSA) is 131 Å². The third-order valence-corrected chi connectivity index (χ3v) is 5.49. The molecule has 0 aliphatic rings. The van der Waals surface area contributed by atoms with E-state index in [2.05, 4.69) is 26.0 Å². The molecule has 3 aromatic rings. The van der Waals surface area contributed by atoms with Gasteiger partial charge in [-0.15, -0.1) is 11.3 Å². The molecule has 0 aliphatic heterocycles. The molecule has 10 nitrogen and oxygen atoms in total. The summed E-state index contributed by atoms with van der Waals surface area (Å²) in [5.74, 6) is -1.37. The molecule has 0 bridgehead atoms. The minimum atomic E-state index is -0.710. The molecule has 27 heavy (non-hydrogen) atoms. The van der Waals surface area contributed by atoms with Gasteiger partial charge in [-0.25, -0.2) is 19.3 Å². The number of carbonyl (C=O) groups excluding carboxylic acids is 2. The fourth-order valence-corrected chi connectivity index (χ4v) is 4.21. The molecular weight excluding hydrogens is 442 g/mol. The number of nitrogens with two attached hydrogens (primary N) is 1. The molecule has 3 rings (SSSR count). The van der Waals surface area contributed by atoms with Crippen LogP contribution in [0.1, 0.15) is 25.6 Å². The molecule has 0 aliphatic carbocycles. The molecule has 0 saturated heterocycles. The standard InChI is InChI=1S/C15H14BrN5O5S/c1-20-12-8(10(16)19-20)13(22)21(5-18-12)4-6-7(14(23)25-2)11(17)27-9(6)15(24)26-3/h5H,4,17H2,1-3H3. The van der Waals surface area contributed by atoms with Gasteiger partial charge in [-0.3, -0.25) is 9.36 Å². The van der Waals surface area contributed by atoms with Gasteiger partial charge in [-0.05, 0) is 15.9 Å². The zero-order valence-corrected chi connectivity index (χ0v) is 16.9. The third kappa shape index (κ3) is 3.10. The normalized spacial score (nSPS) is 11.0. The van der Waals surface area contributed by atoms with Crippen LogP contribution in [0.3, 0.4) is 0 Å². The maximum Gasteiger partial charge on any atom is 0.348 e. The Morgan fingerprint density at radius 3 is 2.59 bits per heavy atom. The van der Waals surface area contributed by atoms with E-state index in [-0.39, 0.29) is 32.9 Å². The van der Waals surface area contributed by atoms with Crippen LogP contribution >= 0.6 is 27.3 Å². The molecule has 0 fully saturated rings. The zero-order valence-electron chi connectivity index (χ0n) is 14.5. The summed E-state index contributed by atoms with van der Waals surface area (Å²) in [6.45, 7) is -0.119. The summed E-state index contributed by atoms with van der Waals surface area (Å²) in [5, 5.41) is 4.49. The minimum Gasteiger partial charge on any atom is -0.465 e. The first-order valence-electron chi connectivity index (χ1n) is 7.45. The number of aromatic nitrogens is 4. The monoisotopic (exact) mass is 455 g/mol. The lowest BCUT2D eigenvalue weighted by Gasteiger charge is -2.09. The number of esters is 2. The molecule has 0 atom stereocenters. The second kappa shape index (κ2) is 7.12. The summed E-state index contributed by atoms with van der Waals surface area (Å²) in [6, 6.07) is 0. The van der Waals surface area contributed by atoms with E-state index >= 15 is 0 Å². The van der Waals surface area contributed by atoms with Crippen LogP contribution in [0.2, 0.25) is 0 Å². The van der Waals surface area contributed by atoms with Gasteiger partial charge in [-0.1, -0.05) is 0 Å². The van der Waals surface area contributed by atoms with E-state index in [9.17, 15) is 14.4 Å². The summed E-state index contributed by atoms with van der Waals surface area (Å²) >= 11 is 4.13. The minimum absolute atomic E-state index is 0.0279. The van der Waals surface area contributed by atoms with E-state index in [4.69, 9.17) is 15.2 Å². The van der Waals surface area contributed by atoms with Gasteiger partial charge in [0.2, 0.25) is 0 Å². The van der Waals surface area contributed by atoms with Crippen LogP contribution in [0.4, 0.5) is 5.00 Å². The highest BCUT2D eigenvalue weighted by Gasteiger charge is 2.28. The molecule has 0 spiro atoms. The van der Waals surface area contributed by atoms with Crippen molar-refractivity contribution < 1.29 is 19.1 Å². The molecule has 0 amide bonds. The van der Waals surface area contributed by atoms with Crippen molar-refractivity contribution in [1.29, 1.82) is 0 Å². The van der Waals surface area contributed by atoms with Crippen LogP contribution in [-0.2, 0) is 23.1 Å². The Kier molecular flexibility index (Phi) is 5.02. The fraction of sp³-hybridized carbons (Fsp3) is 0.267. The van der Waals surface area contributed by atoms with E-state index in [0.717, 1.165) is 11.3 Å². The van der Waals surface area contributed by atoms with Crippen molar-refractivity contribution in [3.05, 3.63) is 37.3 Å². The van der Waals surface area contributed by atoms with Crippen molar-refractivity contribution in [3.63, 3.8) is 0 Å².